The van der Waals surface area contributed by atoms with Gasteiger partial charge in [-0.05, 0) is 19.8 Å². The van der Waals surface area contributed by atoms with Gasteiger partial charge in [0.25, 0.3) is 0 Å². The van der Waals surface area contributed by atoms with Crippen LogP contribution in [0.4, 0.5) is 0 Å². The lowest BCUT2D eigenvalue weighted by Gasteiger charge is -2.05. The Labute approximate surface area is 51.6 Å². The van der Waals surface area contributed by atoms with Crippen molar-refractivity contribution in [2.75, 3.05) is 0 Å². The summed E-state index contributed by atoms with van der Waals surface area (Å²) in [5, 5.41) is 0. The van der Waals surface area contributed by atoms with Gasteiger partial charge in [-0.2, -0.15) is 0 Å². The van der Waals surface area contributed by atoms with Crippen LogP contribution in [0.3, 0.4) is 0 Å². The van der Waals surface area contributed by atoms with Crippen LogP contribution in [0.1, 0.15) is 27.7 Å². The fourth-order valence-corrected chi connectivity index (χ4v) is 0.577. The summed E-state index contributed by atoms with van der Waals surface area (Å²) < 4.78 is 0. The number of nitrogens with two attached hydrogens (primary N) is 1. The molecule has 0 bridgehead atoms. The Kier molecular flexibility index (Phi) is 2.59. The fourth-order valence-electron chi connectivity index (χ4n) is 0.577. The molecule has 2 N–H and O–H groups in total. The molecule has 0 rings (SSSR count). The summed E-state index contributed by atoms with van der Waals surface area (Å²) in [6, 6.07) is 0. The van der Waals surface area contributed by atoms with Gasteiger partial charge in [-0.3, -0.25) is 0 Å². The van der Waals surface area contributed by atoms with Crippen LogP contribution in [0.2, 0.25) is 0 Å². The Bertz CT molecular complexity index is 97.0. The van der Waals surface area contributed by atoms with Crippen LogP contribution < -0.4 is 5.73 Å². The molecule has 0 unspecified atom stereocenters. The number of hydrogen-bond donors (Lipinski definition) is 1. The first kappa shape index (κ1) is 7.54. The smallest absolute Gasteiger partial charge is 0.00927 e. The first-order valence-electron chi connectivity index (χ1n) is 2.98. The van der Waals surface area contributed by atoms with Crippen LogP contribution in [-0.2, 0) is 0 Å². The number of hydrogen-bond acceptors (Lipinski definition) is 1. The zero-order chi connectivity index (χ0) is 6.73. The lowest BCUT2D eigenvalue weighted by Crippen LogP contribution is -2.06. The van der Waals surface area contributed by atoms with Crippen molar-refractivity contribution in [1.82, 2.24) is 0 Å². The Morgan fingerprint density at radius 3 is 1.62 bits per heavy atom. The van der Waals surface area contributed by atoms with Crippen LogP contribution in [-0.4, -0.2) is 0 Å². The second kappa shape index (κ2) is 2.75. The molecule has 1 heteroatoms. The Balaban J connectivity index is 4.00. The van der Waals surface area contributed by atoms with Crippen molar-refractivity contribution >= 4 is 0 Å². The van der Waals surface area contributed by atoms with E-state index in [1.165, 1.54) is 5.57 Å². The molecule has 0 aliphatic heterocycles. The van der Waals surface area contributed by atoms with Gasteiger partial charge in [-0.15, -0.1) is 0 Å². The zero-order valence-corrected chi connectivity index (χ0v) is 6.15. The summed E-state index contributed by atoms with van der Waals surface area (Å²) >= 11 is 0. The van der Waals surface area contributed by atoms with Gasteiger partial charge in [0, 0.05) is 5.70 Å². The molecule has 0 spiro atoms. The zero-order valence-electron chi connectivity index (χ0n) is 6.15. The van der Waals surface area contributed by atoms with E-state index in [2.05, 4.69) is 13.8 Å². The molecular weight excluding hydrogens is 98.1 g/mol. The van der Waals surface area contributed by atoms with Crippen molar-refractivity contribution in [3.05, 3.63) is 11.3 Å². The van der Waals surface area contributed by atoms with Crippen molar-refractivity contribution in [2.45, 2.75) is 27.7 Å². The highest BCUT2D eigenvalue weighted by atomic mass is 14.6. The Morgan fingerprint density at radius 1 is 1.25 bits per heavy atom. The van der Waals surface area contributed by atoms with Gasteiger partial charge in [0.2, 0.25) is 0 Å². The van der Waals surface area contributed by atoms with Crippen LogP contribution in [0.15, 0.2) is 11.3 Å². The highest BCUT2D eigenvalue weighted by Crippen LogP contribution is 2.06. The normalized spacial score (nSPS) is 9.62. The Hall–Kier alpha value is -0.460. The maximum absolute atomic E-state index is 5.64. The molecule has 0 aliphatic carbocycles. The van der Waals surface area contributed by atoms with Crippen molar-refractivity contribution < 1.29 is 0 Å². The van der Waals surface area contributed by atoms with Gasteiger partial charge in [0.05, 0.1) is 0 Å². The molecule has 0 heterocycles. The number of allylic oxidation sites excluding steroid dienone is 2. The summed E-state index contributed by atoms with van der Waals surface area (Å²) in [5.41, 5.74) is 7.89. The molecule has 0 atom stereocenters. The molecule has 0 aromatic heterocycles. The summed E-state index contributed by atoms with van der Waals surface area (Å²) in [5.74, 6) is 0.500. The van der Waals surface area contributed by atoms with Gasteiger partial charge >= 0.3 is 0 Å². The molecule has 48 valence electrons. The highest BCUT2D eigenvalue weighted by molar-refractivity contribution is 5.07. The van der Waals surface area contributed by atoms with Crippen molar-refractivity contribution in [3.8, 4) is 0 Å². The third-order valence-corrected chi connectivity index (χ3v) is 1.20. The number of rotatable bonds is 1. The van der Waals surface area contributed by atoms with E-state index in [1.54, 1.807) is 0 Å². The third kappa shape index (κ3) is 2.01. The van der Waals surface area contributed by atoms with E-state index < -0.39 is 0 Å². The minimum atomic E-state index is 0.500. The predicted molar refractivity (Wildman–Crippen MR) is 37.4 cm³/mol. The molecule has 0 aliphatic rings. The van der Waals surface area contributed by atoms with E-state index in [-0.39, 0.29) is 0 Å². The SMILES string of the molecule is CC(C)=C(N)C(C)C. The third-order valence-electron chi connectivity index (χ3n) is 1.20. The highest BCUT2D eigenvalue weighted by Gasteiger charge is 1.96. The molecule has 0 fully saturated rings. The lowest BCUT2D eigenvalue weighted by atomic mass is 10.1. The van der Waals surface area contributed by atoms with E-state index in [1.807, 2.05) is 13.8 Å². The van der Waals surface area contributed by atoms with Crippen LogP contribution in [0, 0.1) is 5.92 Å². The van der Waals surface area contributed by atoms with E-state index in [0.717, 1.165) is 5.70 Å². The van der Waals surface area contributed by atoms with Gasteiger partial charge in [0.1, 0.15) is 0 Å². The maximum atomic E-state index is 5.64. The van der Waals surface area contributed by atoms with E-state index >= 15 is 0 Å². The second-order valence-electron chi connectivity index (χ2n) is 2.61. The van der Waals surface area contributed by atoms with E-state index in [4.69, 9.17) is 5.73 Å². The standard InChI is InChI=1S/C7H15N/c1-5(2)7(8)6(3)4/h5H,8H2,1-4H3. The molecule has 0 amide bonds. The van der Waals surface area contributed by atoms with Gasteiger partial charge in [0.15, 0.2) is 0 Å². The van der Waals surface area contributed by atoms with Crippen LogP contribution in [0.25, 0.3) is 0 Å². The fraction of sp³-hybridized carbons (Fsp3) is 0.714. The average Bonchev–Trinajstić information content (AvgIpc) is 1.64. The monoisotopic (exact) mass is 113 g/mol. The van der Waals surface area contributed by atoms with Gasteiger partial charge in [-0.1, -0.05) is 19.4 Å². The quantitative estimate of drug-likeness (QED) is 0.552. The summed E-state index contributed by atoms with van der Waals surface area (Å²) in [4.78, 5) is 0. The summed E-state index contributed by atoms with van der Waals surface area (Å²) in [6.45, 7) is 8.27. The molecule has 8 heavy (non-hydrogen) atoms. The minimum absolute atomic E-state index is 0.500. The topological polar surface area (TPSA) is 26.0 Å². The van der Waals surface area contributed by atoms with E-state index in [0.29, 0.717) is 5.92 Å². The first-order valence-corrected chi connectivity index (χ1v) is 2.98. The van der Waals surface area contributed by atoms with Crippen molar-refractivity contribution in [2.24, 2.45) is 11.7 Å². The molecule has 0 aromatic carbocycles. The summed E-state index contributed by atoms with van der Waals surface area (Å²) in [7, 11) is 0. The molecule has 0 saturated heterocycles. The first-order chi connectivity index (χ1) is 3.55. The van der Waals surface area contributed by atoms with Crippen molar-refractivity contribution in [1.29, 1.82) is 0 Å². The lowest BCUT2D eigenvalue weighted by molar-refractivity contribution is 0.744. The molecular formula is C7H15N. The Morgan fingerprint density at radius 2 is 1.62 bits per heavy atom. The molecule has 0 aromatic rings. The largest absolute Gasteiger partial charge is 0.402 e. The van der Waals surface area contributed by atoms with Crippen molar-refractivity contribution in [3.63, 3.8) is 0 Å². The molecule has 0 saturated carbocycles. The molecule has 1 nitrogen and oxygen atoms in total. The predicted octanol–water partition coefficient (Wildman–Crippen LogP) is 1.90. The summed E-state index contributed by atoms with van der Waals surface area (Å²) in [6.07, 6.45) is 0. The van der Waals surface area contributed by atoms with Crippen LogP contribution >= 0.6 is 0 Å². The van der Waals surface area contributed by atoms with E-state index in [9.17, 15) is 0 Å². The van der Waals surface area contributed by atoms with Gasteiger partial charge < -0.3 is 5.73 Å². The van der Waals surface area contributed by atoms with Gasteiger partial charge in [-0.25, -0.2) is 0 Å². The van der Waals surface area contributed by atoms with Crippen LogP contribution in [0.5, 0.6) is 0 Å². The average molecular weight is 113 g/mol. The maximum Gasteiger partial charge on any atom is 0.00927 e. The molecule has 0 radical (unpaired) electrons. The minimum Gasteiger partial charge on any atom is -0.402 e. The second-order valence-corrected chi connectivity index (χ2v) is 2.61.